The molecule has 4 N–H and O–H groups in total. The first-order chi connectivity index (χ1) is 31.3. The summed E-state index contributed by atoms with van der Waals surface area (Å²) in [6, 6.07) is 0.194. The fourth-order valence-electron chi connectivity index (χ4n) is 6.55. The molecule has 6 heterocycles. The highest BCUT2D eigenvalue weighted by Crippen LogP contribution is 2.30. The van der Waals surface area contributed by atoms with Gasteiger partial charge in [0, 0.05) is 136 Å². The standard InChI is InChI=1S/2C20H26F3N7O2S/c2*1-13(27-16-11-26-28-18(32)14(16)2)12-33-8-3-17(31)29-4-6-30(7-5-29)19-24-9-15(10-25-19)20(21,22)23/h2*9-11,13H,3-8,12H2,1-2H3,(H2,27,28,32)/t2*13-/m10/s1. The number of halogens is 6. The summed E-state index contributed by atoms with van der Waals surface area (Å²) in [7, 11) is 0. The summed E-state index contributed by atoms with van der Waals surface area (Å²) in [5.74, 6) is 3.42. The second kappa shape index (κ2) is 23.7. The number of aromatic amines is 2. The van der Waals surface area contributed by atoms with Gasteiger partial charge < -0.3 is 30.2 Å². The van der Waals surface area contributed by atoms with Gasteiger partial charge in [-0.05, 0) is 27.7 Å². The molecular weight excluding hydrogens is 919 g/mol. The number of H-pyrrole nitrogens is 2. The maximum Gasteiger partial charge on any atom is 0.419 e. The normalized spacial score (nSPS) is 15.4. The van der Waals surface area contributed by atoms with Crippen molar-refractivity contribution in [1.29, 1.82) is 0 Å². The fraction of sp³-hybridized carbons (Fsp3) is 0.550. The van der Waals surface area contributed by atoms with E-state index in [-0.39, 0.29) is 46.9 Å². The molecule has 2 aliphatic heterocycles. The van der Waals surface area contributed by atoms with Gasteiger partial charge in [0.1, 0.15) is 0 Å². The minimum atomic E-state index is -4.47. The molecule has 66 heavy (non-hydrogen) atoms. The topological polar surface area (TPSA) is 214 Å². The third-order valence-electron chi connectivity index (χ3n) is 10.4. The Balaban J connectivity index is 0.000000247. The van der Waals surface area contributed by atoms with Gasteiger partial charge in [0.15, 0.2) is 0 Å². The zero-order valence-electron chi connectivity index (χ0n) is 36.7. The van der Waals surface area contributed by atoms with Crippen molar-refractivity contribution in [2.45, 2.75) is 65.0 Å². The van der Waals surface area contributed by atoms with E-state index in [2.05, 4.69) is 51.0 Å². The van der Waals surface area contributed by atoms with Crippen LogP contribution in [0.5, 0.6) is 0 Å². The van der Waals surface area contributed by atoms with E-state index < -0.39 is 23.5 Å². The highest BCUT2D eigenvalue weighted by molar-refractivity contribution is 7.99. The van der Waals surface area contributed by atoms with E-state index in [0.717, 1.165) is 36.3 Å². The lowest BCUT2D eigenvalue weighted by Crippen LogP contribution is -2.49. The Morgan fingerprint density at radius 3 is 1.26 bits per heavy atom. The van der Waals surface area contributed by atoms with Crippen LogP contribution >= 0.6 is 23.5 Å². The number of aromatic nitrogens is 8. The molecule has 2 fully saturated rings. The SMILES string of the molecule is Cc1c(N[C@@H](C)CSCCC(=O)N2CCN(c3ncc(C(F)(F)F)cn3)CC2)cn[nH]c1=O.Cc1c(N[C@H](C)CSCCC(=O)N2CCN(c3ncc(C(F)(F)F)cn3)CC2)cn[nH]c1=O. The van der Waals surface area contributed by atoms with Crippen molar-refractivity contribution in [2.24, 2.45) is 0 Å². The number of hydrogen-bond acceptors (Lipinski definition) is 16. The van der Waals surface area contributed by atoms with E-state index in [1.165, 1.54) is 0 Å². The molecule has 2 atom stereocenters. The lowest BCUT2D eigenvalue weighted by molar-refractivity contribution is -0.138. The molecule has 0 unspecified atom stereocenters. The van der Waals surface area contributed by atoms with E-state index >= 15 is 0 Å². The Hall–Kier alpha value is -5.66. The Morgan fingerprint density at radius 1 is 0.606 bits per heavy atom. The highest BCUT2D eigenvalue weighted by Gasteiger charge is 2.33. The zero-order valence-corrected chi connectivity index (χ0v) is 38.3. The van der Waals surface area contributed by atoms with Crippen molar-refractivity contribution in [2.75, 3.05) is 95.8 Å². The Kier molecular flexibility index (Phi) is 18.4. The number of nitrogens with one attached hydrogen (secondary N) is 4. The zero-order chi connectivity index (χ0) is 48.0. The summed E-state index contributed by atoms with van der Waals surface area (Å²) < 4.78 is 75.9. The van der Waals surface area contributed by atoms with Gasteiger partial charge in [0.2, 0.25) is 23.7 Å². The van der Waals surface area contributed by atoms with Crippen LogP contribution in [0.25, 0.3) is 0 Å². The van der Waals surface area contributed by atoms with Gasteiger partial charge in [-0.2, -0.15) is 60.1 Å². The van der Waals surface area contributed by atoms with Gasteiger partial charge in [-0.3, -0.25) is 19.2 Å². The van der Waals surface area contributed by atoms with Crippen LogP contribution in [-0.2, 0) is 21.9 Å². The number of nitrogens with zero attached hydrogens (tertiary/aromatic N) is 10. The minimum absolute atomic E-state index is 0.0470. The molecule has 4 aromatic heterocycles. The van der Waals surface area contributed by atoms with Crippen molar-refractivity contribution >= 4 is 58.6 Å². The van der Waals surface area contributed by atoms with E-state index in [1.54, 1.807) is 69.4 Å². The predicted molar refractivity (Wildman–Crippen MR) is 241 cm³/mol. The second-order valence-electron chi connectivity index (χ2n) is 15.5. The molecule has 26 heteroatoms. The molecule has 6 rings (SSSR count). The van der Waals surface area contributed by atoms with Crippen molar-refractivity contribution in [3.05, 3.63) is 80.1 Å². The van der Waals surface area contributed by atoms with Crippen LogP contribution in [0.4, 0.5) is 49.6 Å². The molecule has 2 aliphatic rings. The van der Waals surface area contributed by atoms with Gasteiger partial charge in [0.05, 0.1) is 34.9 Å². The van der Waals surface area contributed by atoms with Gasteiger partial charge >= 0.3 is 12.4 Å². The molecule has 2 amide bonds. The summed E-state index contributed by atoms with van der Waals surface area (Å²) in [6.07, 6.45) is -1.85. The fourth-order valence-corrected chi connectivity index (χ4v) is 8.40. The average Bonchev–Trinajstić information content (AvgIpc) is 3.29. The largest absolute Gasteiger partial charge is 0.419 e. The number of piperazine rings is 2. The summed E-state index contributed by atoms with van der Waals surface area (Å²) in [6.45, 7) is 11.2. The highest BCUT2D eigenvalue weighted by atomic mass is 32.2. The molecule has 0 spiro atoms. The summed E-state index contributed by atoms with van der Waals surface area (Å²) in [5, 5.41) is 18.9. The van der Waals surface area contributed by atoms with Gasteiger partial charge in [0.25, 0.3) is 11.1 Å². The van der Waals surface area contributed by atoms with Crippen molar-refractivity contribution in [3.63, 3.8) is 0 Å². The van der Waals surface area contributed by atoms with Gasteiger partial charge in [-0.15, -0.1) is 0 Å². The first-order valence-electron chi connectivity index (χ1n) is 20.9. The lowest BCUT2D eigenvalue weighted by atomic mass is 10.2. The number of alkyl halides is 6. The molecule has 4 aromatic rings. The lowest BCUT2D eigenvalue weighted by Gasteiger charge is -2.34. The molecule has 0 aromatic carbocycles. The Morgan fingerprint density at radius 2 is 0.939 bits per heavy atom. The van der Waals surface area contributed by atoms with Crippen LogP contribution in [0.15, 0.2) is 46.8 Å². The molecular formula is C40H52F6N14O4S2. The van der Waals surface area contributed by atoms with Crippen LogP contribution in [0.3, 0.4) is 0 Å². The molecule has 360 valence electrons. The summed E-state index contributed by atoms with van der Waals surface area (Å²) in [4.78, 5) is 70.5. The number of thioether (sulfide) groups is 2. The molecule has 2 saturated heterocycles. The smallest absolute Gasteiger partial charge is 0.380 e. The minimum Gasteiger partial charge on any atom is -0.380 e. The Bertz CT molecular complexity index is 2150. The third kappa shape index (κ3) is 15.2. The quantitative estimate of drug-likeness (QED) is 0.0909. The van der Waals surface area contributed by atoms with Crippen LogP contribution in [0, 0.1) is 13.8 Å². The average molecular weight is 971 g/mol. The van der Waals surface area contributed by atoms with Crippen LogP contribution in [0.1, 0.15) is 48.9 Å². The van der Waals surface area contributed by atoms with E-state index in [9.17, 15) is 45.5 Å². The first kappa shape index (κ1) is 51.3. The third-order valence-corrected chi connectivity index (χ3v) is 12.9. The molecule has 18 nitrogen and oxygen atoms in total. The maximum atomic E-state index is 12.6. The van der Waals surface area contributed by atoms with Crippen LogP contribution in [-0.4, -0.2) is 149 Å². The maximum absolute atomic E-state index is 12.6. The van der Waals surface area contributed by atoms with Crippen molar-refractivity contribution < 1.29 is 35.9 Å². The van der Waals surface area contributed by atoms with Crippen molar-refractivity contribution in [3.8, 4) is 0 Å². The van der Waals surface area contributed by atoms with E-state index in [1.807, 2.05) is 13.8 Å². The summed E-state index contributed by atoms with van der Waals surface area (Å²) >= 11 is 3.29. The van der Waals surface area contributed by atoms with E-state index in [4.69, 9.17) is 0 Å². The van der Waals surface area contributed by atoms with Crippen molar-refractivity contribution in [1.82, 2.24) is 50.1 Å². The number of amides is 2. The van der Waals surface area contributed by atoms with Crippen LogP contribution < -0.4 is 31.6 Å². The molecule has 0 saturated carbocycles. The second-order valence-corrected chi connectivity index (χ2v) is 17.8. The monoisotopic (exact) mass is 970 g/mol. The number of hydrogen-bond donors (Lipinski definition) is 4. The van der Waals surface area contributed by atoms with Gasteiger partial charge in [-0.25, -0.2) is 30.1 Å². The molecule has 0 aliphatic carbocycles. The number of carbonyl (C=O) groups is 2. The number of anilines is 4. The number of rotatable bonds is 16. The molecule has 0 bridgehead atoms. The van der Waals surface area contributed by atoms with E-state index in [0.29, 0.717) is 99.2 Å². The molecule has 0 radical (unpaired) electrons. The first-order valence-corrected chi connectivity index (χ1v) is 23.2. The predicted octanol–water partition coefficient (Wildman–Crippen LogP) is 4.32. The summed E-state index contributed by atoms with van der Waals surface area (Å²) in [5.41, 5.74) is 0.329. The van der Waals surface area contributed by atoms with Gasteiger partial charge in [-0.1, -0.05) is 0 Å². The van der Waals surface area contributed by atoms with Crippen LogP contribution in [0.2, 0.25) is 0 Å². The number of carbonyl (C=O) groups excluding carboxylic acids is 2. The Labute approximate surface area is 384 Å².